The molecule has 0 bridgehead atoms. The van der Waals surface area contributed by atoms with Crippen LogP contribution in [-0.4, -0.2) is 51.5 Å². The topological polar surface area (TPSA) is 66.6 Å². The molecule has 0 aliphatic carbocycles. The number of carbonyl (C=O) groups is 1. The number of amides is 1. The Hall–Kier alpha value is -2.96. The van der Waals surface area contributed by atoms with Crippen LogP contribution in [0.15, 0.2) is 30.6 Å². The van der Waals surface area contributed by atoms with E-state index in [2.05, 4.69) is 44.2 Å². The van der Waals surface area contributed by atoms with Gasteiger partial charge in [-0.05, 0) is 43.5 Å². The van der Waals surface area contributed by atoms with Crippen LogP contribution < -0.4 is 4.90 Å². The highest BCUT2D eigenvalue weighted by atomic mass is 16.2. The molecule has 0 saturated heterocycles. The molecule has 0 saturated carbocycles. The van der Waals surface area contributed by atoms with Gasteiger partial charge in [0.1, 0.15) is 6.33 Å². The Morgan fingerprint density at radius 2 is 1.81 bits per heavy atom. The van der Waals surface area contributed by atoms with E-state index in [9.17, 15) is 4.79 Å². The molecule has 2 aromatic heterocycles. The lowest BCUT2D eigenvalue weighted by atomic mass is 10.1. The molecule has 1 aromatic carbocycles. The predicted molar refractivity (Wildman–Crippen MR) is 106 cm³/mol. The van der Waals surface area contributed by atoms with E-state index < -0.39 is 0 Å². The number of anilines is 1. The van der Waals surface area contributed by atoms with E-state index in [-0.39, 0.29) is 5.91 Å². The minimum absolute atomic E-state index is 0.115. The first-order valence-corrected chi connectivity index (χ1v) is 9.03. The number of aromatic nitrogens is 4. The molecule has 2 heterocycles. The van der Waals surface area contributed by atoms with Gasteiger partial charge in [-0.3, -0.25) is 4.79 Å². The van der Waals surface area contributed by atoms with Crippen LogP contribution in [0.1, 0.15) is 28.9 Å². The molecule has 27 heavy (non-hydrogen) atoms. The molecule has 0 unspecified atom stereocenters. The molecule has 0 atom stereocenters. The minimum Gasteiger partial charge on any atom is -0.378 e. The van der Waals surface area contributed by atoms with Gasteiger partial charge in [-0.1, -0.05) is 12.1 Å². The Balaban J connectivity index is 1.63. The first-order chi connectivity index (χ1) is 12.9. The zero-order chi connectivity index (χ0) is 19.6. The maximum absolute atomic E-state index is 12.6. The summed E-state index contributed by atoms with van der Waals surface area (Å²) in [6.07, 6.45) is 2.58. The zero-order valence-corrected chi connectivity index (χ0v) is 16.6. The van der Waals surface area contributed by atoms with Crippen LogP contribution in [0.4, 0.5) is 5.69 Å². The van der Waals surface area contributed by atoms with E-state index in [4.69, 9.17) is 0 Å². The largest absolute Gasteiger partial charge is 0.378 e. The lowest BCUT2D eigenvalue weighted by molar-refractivity contribution is -0.130. The van der Waals surface area contributed by atoms with Gasteiger partial charge in [-0.15, -0.1) is 0 Å². The third kappa shape index (κ3) is 4.07. The molecule has 3 aromatic rings. The molecule has 3 rings (SSSR count). The number of rotatable bonds is 6. The molecule has 0 spiro atoms. The smallest absolute Gasteiger partial charge is 0.252 e. The van der Waals surface area contributed by atoms with Crippen LogP contribution in [0.25, 0.3) is 5.78 Å². The Labute approximate surface area is 159 Å². The van der Waals surface area contributed by atoms with Gasteiger partial charge in [-0.2, -0.15) is 10.1 Å². The predicted octanol–water partition coefficient (Wildman–Crippen LogP) is 2.40. The summed E-state index contributed by atoms with van der Waals surface area (Å²) < 4.78 is 1.73. The van der Waals surface area contributed by atoms with Crippen molar-refractivity contribution in [3.05, 3.63) is 53.1 Å². The molecule has 0 radical (unpaired) electrons. The van der Waals surface area contributed by atoms with E-state index in [0.717, 1.165) is 28.2 Å². The van der Waals surface area contributed by atoms with Crippen LogP contribution in [0.5, 0.6) is 0 Å². The normalized spacial score (nSPS) is 11.0. The average molecular weight is 366 g/mol. The molecule has 1 amide bonds. The van der Waals surface area contributed by atoms with E-state index in [1.165, 1.54) is 6.33 Å². The van der Waals surface area contributed by atoms with Gasteiger partial charge in [0.2, 0.25) is 5.91 Å². The summed E-state index contributed by atoms with van der Waals surface area (Å²) in [5.41, 5.74) is 5.22. The Morgan fingerprint density at radius 3 is 2.48 bits per heavy atom. The molecule has 0 N–H and O–H groups in total. The zero-order valence-electron chi connectivity index (χ0n) is 16.6. The van der Waals surface area contributed by atoms with Crippen LogP contribution in [-0.2, 0) is 17.8 Å². The van der Waals surface area contributed by atoms with Crippen LogP contribution >= 0.6 is 0 Å². The van der Waals surface area contributed by atoms with Crippen molar-refractivity contribution in [1.29, 1.82) is 0 Å². The van der Waals surface area contributed by atoms with Gasteiger partial charge in [0.05, 0.1) is 0 Å². The average Bonchev–Trinajstić information content (AvgIpc) is 3.10. The van der Waals surface area contributed by atoms with E-state index >= 15 is 0 Å². The van der Waals surface area contributed by atoms with Crippen molar-refractivity contribution in [2.45, 2.75) is 33.2 Å². The molecule has 7 nitrogen and oxygen atoms in total. The quantitative estimate of drug-likeness (QED) is 0.670. The fourth-order valence-electron chi connectivity index (χ4n) is 3.20. The third-order valence-electron chi connectivity index (χ3n) is 4.88. The van der Waals surface area contributed by atoms with Gasteiger partial charge in [0.25, 0.3) is 5.78 Å². The highest BCUT2D eigenvalue weighted by Gasteiger charge is 2.15. The third-order valence-corrected chi connectivity index (χ3v) is 4.88. The van der Waals surface area contributed by atoms with Crippen molar-refractivity contribution in [2.75, 3.05) is 26.0 Å². The van der Waals surface area contributed by atoms with E-state index in [1.807, 2.05) is 35.0 Å². The molecule has 0 aliphatic heterocycles. The first-order valence-electron chi connectivity index (χ1n) is 9.03. The van der Waals surface area contributed by atoms with Crippen molar-refractivity contribution >= 4 is 17.4 Å². The monoisotopic (exact) mass is 366 g/mol. The fourth-order valence-corrected chi connectivity index (χ4v) is 3.20. The molecular weight excluding hydrogens is 340 g/mol. The highest BCUT2D eigenvalue weighted by Crippen LogP contribution is 2.17. The van der Waals surface area contributed by atoms with Crippen LogP contribution in [0, 0.1) is 13.8 Å². The van der Waals surface area contributed by atoms with Crippen molar-refractivity contribution in [3.8, 4) is 0 Å². The minimum atomic E-state index is 0.115. The second-order valence-corrected chi connectivity index (χ2v) is 7.04. The van der Waals surface area contributed by atoms with Gasteiger partial charge < -0.3 is 9.80 Å². The van der Waals surface area contributed by atoms with Crippen LogP contribution in [0.3, 0.4) is 0 Å². The van der Waals surface area contributed by atoms with Gasteiger partial charge >= 0.3 is 0 Å². The van der Waals surface area contributed by atoms with Crippen molar-refractivity contribution in [2.24, 2.45) is 0 Å². The molecule has 7 heteroatoms. The van der Waals surface area contributed by atoms with Gasteiger partial charge in [0, 0.05) is 51.2 Å². The number of aryl methyl sites for hydroxylation is 2. The lowest BCUT2D eigenvalue weighted by Gasteiger charge is -2.19. The molecule has 142 valence electrons. The summed E-state index contributed by atoms with van der Waals surface area (Å²) in [5.74, 6) is 0.711. The summed E-state index contributed by atoms with van der Waals surface area (Å²) in [6.45, 7) is 4.55. The molecular formula is C20H26N6O. The van der Waals surface area contributed by atoms with Gasteiger partial charge in [0.15, 0.2) is 0 Å². The number of fused-ring (bicyclic) bond motifs is 1. The second kappa shape index (κ2) is 7.73. The maximum atomic E-state index is 12.6. The number of benzene rings is 1. The Bertz CT molecular complexity index is 945. The number of nitrogens with zero attached hydrogens (tertiary/aromatic N) is 6. The van der Waals surface area contributed by atoms with Gasteiger partial charge in [-0.25, -0.2) is 9.50 Å². The SMILES string of the molecule is Cc1nc2ncnn2c(C)c1CCC(=O)N(C)Cc1ccc(N(C)C)cc1. The Morgan fingerprint density at radius 1 is 1.11 bits per heavy atom. The second-order valence-electron chi connectivity index (χ2n) is 7.04. The molecule has 0 fully saturated rings. The van der Waals surface area contributed by atoms with E-state index in [0.29, 0.717) is 25.2 Å². The lowest BCUT2D eigenvalue weighted by Crippen LogP contribution is -2.26. The summed E-state index contributed by atoms with van der Waals surface area (Å²) in [6, 6.07) is 8.27. The van der Waals surface area contributed by atoms with Crippen LogP contribution in [0.2, 0.25) is 0 Å². The van der Waals surface area contributed by atoms with E-state index in [1.54, 1.807) is 9.42 Å². The first kappa shape index (κ1) is 18.8. The number of hydrogen-bond donors (Lipinski definition) is 0. The molecule has 0 aliphatic rings. The number of carbonyl (C=O) groups excluding carboxylic acids is 1. The van der Waals surface area contributed by atoms with Crippen molar-refractivity contribution in [1.82, 2.24) is 24.5 Å². The fraction of sp³-hybridized carbons (Fsp3) is 0.400. The van der Waals surface area contributed by atoms with Crippen molar-refractivity contribution in [3.63, 3.8) is 0 Å². The van der Waals surface area contributed by atoms with Crippen molar-refractivity contribution < 1.29 is 4.79 Å². The number of hydrogen-bond acceptors (Lipinski definition) is 5. The Kier molecular flexibility index (Phi) is 5.39. The summed E-state index contributed by atoms with van der Waals surface area (Å²) in [7, 11) is 5.88. The maximum Gasteiger partial charge on any atom is 0.252 e. The highest BCUT2D eigenvalue weighted by molar-refractivity contribution is 5.76. The summed E-state index contributed by atoms with van der Waals surface area (Å²) in [5, 5.41) is 4.20. The summed E-state index contributed by atoms with van der Waals surface area (Å²) in [4.78, 5) is 25.0. The standard InChI is InChI=1S/C20H26N6O/c1-14-18(15(2)26-20(23-14)21-13-22-26)10-11-19(27)25(5)12-16-6-8-17(9-7-16)24(3)4/h6-9,13H,10-12H2,1-5H3. The summed E-state index contributed by atoms with van der Waals surface area (Å²) >= 11 is 0.